The molecule has 0 saturated heterocycles. The summed E-state index contributed by atoms with van der Waals surface area (Å²) in [6.07, 6.45) is 5.33. The first-order chi connectivity index (χ1) is 9.74. The summed E-state index contributed by atoms with van der Waals surface area (Å²) < 4.78 is 0. The summed E-state index contributed by atoms with van der Waals surface area (Å²) in [6, 6.07) is 11.5. The van der Waals surface area contributed by atoms with Crippen molar-refractivity contribution in [3.63, 3.8) is 0 Å². The van der Waals surface area contributed by atoms with E-state index >= 15 is 0 Å². The van der Waals surface area contributed by atoms with Crippen LogP contribution in [0.3, 0.4) is 0 Å². The molecule has 2 heteroatoms. The molecule has 2 aromatic rings. The molecular weight excluding hydrogens is 262 g/mol. The molecule has 0 bridgehead atoms. The molecule has 1 unspecified atom stereocenters. The third-order valence-electron chi connectivity index (χ3n) is 4.30. The first kappa shape index (κ1) is 13.8. The lowest BCUT2D eigenvalue weighted by Gasteiger charge is -2.13. The minimum absolute atomic E-state index is 0.449. The minimum atomic E-state index is 0.449. The van der Waals surface area contributed by atoms with Crippen molar-refractivity contribution < 1.29 is 0 Å². The zero-order chi connectivity index (χ0) is 13.9. The lowest BCUT2D eigenvalue weighted by atomic mass is 9.99. The van der Waals surface area contributed by atoms with Crippen molar-refractivity contribution in [1.82, 2.24) is 5.32 Å². The molecule has 1 aromatic carbocycles. The molecule has 3 rings (SSSR count). The lowest BCUT2D eigenvalue weighted by Crippen LogP contribution is -2.17. The molecule has 0 aliphatic heterocycles. The Bertz CT molecular complexity index is 561. The third-order valence-corrected chi connectivity index (χ3v) is 5.72. The van der Waals surface area contributed by atoms with Crippen molar-refractivity contribution in [2.24, 2.45) is 0 Å². The second-order valence-corrected chi connectivity index (χ2v) is 7.00. The molecule has 1 heterocycles. The Balaban J connectivity index is 1.66. The molecule has 0 amide bonds. The predicted octanol–water partition coefficient (Wildman–Crippen LogP) is 4.79. The topological polar surface area (TPSA) is 12.0 Å². The Hall–Kier alpha value is -1.12. The highest BCUT2D eigenvalue weighted by Crippen LogP contribution is 2.32. The molecule has 1 aliphatic rings. The Morgan fingerprint density at radius 1 is 1.20 bits per heavy atom. The Morgan fingerprint density at radius 2 is 2.00 bits per heavy atom. The third kappa shape index (κ3) is 2.97. The van der Waals surface area contributed by atoms with E-state index in [0.29, 0.717) is 6.04 Å². The van der Waals surface area contributed by atoms with Crippen LogP contribution in [-0.4, -0.2) is 0 Å². The van der Waals surface area contributed by atoms with Gasteiger partial charge in [-0.1, -0.05) is 24.3 Å². The van der Waals surface area contributed by atoms with Crippen LogP contribution in [0.1, 0.15) is 52.3 Å². The van der Waals surface area contributed by atoms with Gasteiger partial charge in [0, 0.05) is 22.3 Å². The van der Waals surface area contributed by atoms with Gasteiger partial charge >= 0.3 is 0 Å². The number of fused-ring (bicyclic) bond motifs is 1. The van der Waals surface area contributed by atoms with Crippen LogP contribution in [-0.2, 0) is 19.4 Å². The van der Waals surface area contributed by atoms with Crippen LogP contribution >= 0.6 is 11.3 Å². The van der Waals surface area contributed by atoms with E-state index in [9.17, 15) is 0 Å². The number of nitrogens with one attached hydrogen (secondary N) is 1. The molecule has 0 radical (unpaired) electrons. The maximum Gasteiger partial charge on any atom is 0.0389 e. The van der Waals surface area contributed by atoms with E-state index in [0.717, 1.165) is 6.54 Å². The van der Waals surface area contributed by atoms with Gasteiger partial charge in [-0.05, 0) is 62.3 Å². The van der Waals surface area contributed by atoms with Crippen molar-refractivity contribution in [2.45, 2.75) is 52.1 Å². The standard InChI is InChI=1S/C18H23NS/c1-13-7-3-4-9-16(13)12-19-14(2)18-11-15-8-5-6-10-17(15)20-18/h3-4,7,9,11,14,19H,5-6,8,10,12H2,1-2H3. The zero-order valence-corrected chi connectivity index (χ0v) is 13.2. The molecule has 1 atom stereocenters. The number of benzene rings is 1. The van der Waals surface area contributed by atoms with Gasteiger partial charge in [0.05, 0.1) is 0 Å². The highest BCUT2D eigenvalue weighted by Gasteiger charge is 2.16. The van der Waals surface area contributed by atoms with Crippen molar-refractivity contribution >= 4 is 11.3 Å². The van der Waals surface area contributed by atoms with Crippen molar-refractivity contribution in [3.8, 4) is 0 Å². The van der Waals surface area contributed by atoms with Crippen LogP contribution < -0.4 is 5.32 Å². The average molecular weight is 285 g/mol. The van der Waals surface area contributed by atoms with Crippen molar-refractivity contribution in [3.05, 3.63) is 56.8 Å². The molecule has 1 aromatic heterocycles. The fourth-order valence-corrected chi connectivity index (χ4v) is 4.18. The molecule has 20 heavy (non-hydrogen) atoms. The van der Waals surface area contributed by atoms with E-state index < -0.39 is 0 Å². The highest BCUT2D eigenvalue weighted by molar-refractivity contribution is 7.12. The Morgan fingerprint density at radius 3 is 2.80 bits per heavy atom. The number of aryl methyl sites for hydroxylation is 3. The Kier molecular flexibility index (Phi) is 4.23. The summed E-state index contributed by atoms with van der Waals surface area (Å²) in [7, 11) is 0. The zero-order valence-electron chi connectivity index (χ0n) is 12.4. The fourth-order valence-electron chi connectivity index (χ4n) is 2.90. The van der Waals surface area contributed by atoms with Gasteiger partial charge in [0.25, 0.3) is 0 Å². The maximum absolute atomic E-state index is 3.68. The van der Waals surface area contributed by atoms with E-state index in [1.54, 1.807) is 10.4 Å². The first-order valence-corrected chi connectivity index (χ1v) is 8.45. The lowest BCUT2D eigenvalue weighted by molar-refractivity contribution is 0.581. The monoisotopic (exact) mass is 285 g/mol. The summed E-state index contributed by atoms with van der Waals surface area (Å²) in [6.45, 7) is 5.43. The number of hydrogen-bond acceptors (Lipinski definition) is 2. The van der Waals surface area contributed by atoms with Gasteiger partial charge in [-0.15, -0.1) is 11.3 Å². The highest BCUT2D eigenvalue weighted by atomic mass is 32.1. The second-order valence-electron chi connectivity index (χ2n) is 5.83. The molecule has 106 valence electrons. The van der Waals surface area contributed by atoms with Gasteiger partial charge in [0.15, 0.2) is 0 Å². The normalized spacial score (nSPS) is 15.9. The maximum atomic E-state index is 3.68. The van der Waals surface area contributed by atoms with Crippen LogP contribution in [0.4, 0.5) is 0 Å². The van der Waals surface area contributed by atoms with E-state index in [1.807, 2.05) is 11.3 Å². The van der Waals surface area contributed by atoms with Crippen molar-refractivity contribution in [1.29, 1.82) is 0 Å². The number of rotatable bonds is 4. The fraction of sp³-hybridized carbons (Fsp3) is 0.444. The second kappa shape index (κ2) is 6.11. The Labute approximate surface area is 126 Å². The molecule has 0 fully saturated rings. The van der Waals surface area contributed by atoms with Crippen molar-refractivity contribution in [2.75, 3.05) is 0 Å². The van der Waals surface area contributed by atoms with Crippen LogP contribution in [0.5, 0.6) is 0 Å². The summed E-state index contributed by atoms with van der Waals surface area (Å²) in [5.74, 6) is 0. The van der Waals surface area contributed by atoms with Crippen LogP contribution in [0, 0.1) is 6.92 Å². The minimum Gasteiger partial charge on any atom is -0.305 e. The smallest absolute Gasteiger partial charge is 0.0389 e. The quantitative estimate of drug-likeness (QED) is 0.852. The molecule has 0 saturated carbocycles. The van der Waals surface area contributed by atoms with E-state index in [4.69, 9.17) is 0 Å². The van der Waals surface area contributed by atoms with Gasteiger partial charge in [-0.25, -0.2) is 0 Å². The molecule has 1 aliphatic carbocycles. The number of hydrogen-bond donors (Lipinski definition) is 1. The average Bonchev–Trinajstić information content (AvgIpc) is 2.90. The largest absolute Gasteiger partial charge is 0.305 e. The van der Waals surface area contributed by atoms with Gasteiger partial charge in [-0.3, -0.25) is 0 Å². The van der Waals surface area contributed by atoms with Crippen LogP contribution in [0.25, 0.3) is 0 Å². The summed E-state index contributed by atoms with van der Waals surface area (Å²) >= 11 is 2.02. The van der Waals surface area contributed by atoms with E-state index in [1.165, 1.54) is 41.7 Å². The SMILES string of the molecule is Cc1ccccc1CNC(C)c1cc2c(s1)CCCC2. The first-order valence-electron chi connectivity index (χ1n) is 7.63. The van der Waals surface area contributed by atoms with E-state index in [-0.39, 0.29) is 0 Å². The van der Waals surface area contributed by atoms with E-state index in [2.05, 4.69) is 49.5 Å². The van der Waals surface area contributed by atoms with Gasteiger partial charge in [0.1, 0.15) is 0 Å². The predicted molar refractivity (Wildman–Crippen MR) is 87.4 cm³/mol. The van der Waals surface area contributed by atoms with Gasteiger partial charge < -0.3 is 5.32 Å². The van der Waals surface area contributed by atoms with Crippen LogP contribution in [0.15, 0.2) is 30.3 Å². The summed E-state index contributed by atoms with van der Waals surface area (Å²) in [5, 5.41) is 3.68. The van der Waals surface area contributed by atoms with Gasteiger partial charge in [0.2, 0.25) is 0 Å². The molecule has 1 N–H and O–H groups in total. The molecule has 0 spiro atoms. The molecule has 1 nitrogen and oxygen atoms in total. The number of thiophene rings is 1. The summed E-state index contributed by atoms with van der Waals surface area (Å²) in [4.78, 5) is 3.14. The van der Waals surface area contributed by atoms with Crippen LogP contribution in [0.2, 0.25) is 0 Å². The molecular formula is C18H23NS. The van der Waals surface area contributed by atoms with Gasteiger partial charge in [-0.2, -0.15) is 0 Å². The summed E-state index contributed by atoms with van der Waals surface area (Å²) in [5.41, 5.74) is 4.39.